The van der Waals surface area contributed by atoms with Crippen LogP contribution in [0.2, 0.25) is 0 Å². The van der Waals surface area contributed by atoms with Crippen molar-refractivity contribution in [1.29, 1.82) is 0 Å². The average Bonchev–Trinajstić information content (AvgIpc) is 2.33. The van der Waals surface area contributed by atoms with E-state index in [1.165, 1.54) is 0 Å². The van der Waals surface area contributed by atoms with Gasteiger partial charge < -0.3 is 15.7 Å². The number of rotatable bonds is 5. The van der Waals surface area contributed by atoms with Gasteiger partial charge in [-0.2, -0.15) is 0 Å². The molecule has 1 aromatic carbocycles. The van der Waals surface area contributed by atoms with Crippen molar-refractivity contribution in [2.45, 2.75) is 20.3 Å². The number of nitrogens with zero attached hydrogens (tertiary/aromatic N) is 1. The minimum absolute atomic E-state index is 0.0346. The van der Waals surface area contributed by atoms with E-state index in [2.05, 4.69) is 0 Å². The average molecular weight is 236 g/mol. The largest absolute Gasteiger partial charge is 0.398 e. The van der Waals surface area contributed by atoms with Crippen LogP contribution in [0.4, 0.5) is 5.69 Å². The first kappa shape index (κ1) is 13.5. The second-order valence-corrected chi connectivity index (χ2v) is 4.03. The van der Waals surface area contributed by atoms with Crippen LogP contribution in [0.3, 0.4) is 0 Å². The van der Waals surface area contributed by atoms with Gasteiger partial charge in [-0.1, -0.05) is 6.07 Å². The third kappa shape index (κ3) is 3.46. The fraction of sp³-hybridized carbons (Fsp3) is 0.462. The van der Waals surface area contributed by atoms with Gasteiger partial charge in [0.15, 0.2) is 0 Å². The van der Waals surface area contributed by atoms with Crippen molar-refractivity contribution in [1.82, 2.24) is 4.90 Å². The number of aryl methyl sites for hydroxylation is 1. The molecule has 1 amide bonds. The summed E-state index contributed by atoms with van der Waals surface area (Å²) in [6.45, 7) is 5.13. The minimum atomic E-state index is -0.0346. The number of aliphatic hydroxyl groups excluding tert-OH is 1. The smallest absolute Gasteiger partial charge is 0.253 e. The quantitative estimate of drug-likeness (QED) is 0.760. The molecule has 0 radical (unpaired) electrons. The molecular formula is C13H20N2O2. The summed E-state index contributed by atoms with van der Waals surface area (Å²) in [6, 6.07) is 5.34. The molecule has 0 unspecified atom stereocenters. The number of carbonyl (C=O) groups excluding carboxylic acids is 1. The van der Waals surface area contributed by atoms with Gasteiger partial charge >= 0.3 is 0 Å². The Morgan fingerprint density at radius 1 is 1.47 bits per heavy atom. The van der Waals surface area contributed by atoms with Gasteiger partial charge in [-0.3, -0.25) is 4.79 Å². The summed E-state index contributed by atoms with van der Waals surface area (Å²) in [5.74, 6) is -0.0346. The van der Waals surface area contributed by atoms with Crippen LogP contribution in [-0.2, 0) is 0 Å². The van der Waals surface area contributed by atoms with Crippen LogP contribution < -0.4 is 5.73 Å². The van der Waals surface area contributed by atoms with Crippen molar-refractivity contribution >= 4 is 11.6 Å². The summed E-state index contributed by atoms with van der Waals surface area (Å²) in [4.78, 5) is 13.8. The maximum atomic E-state index is 12.1. The highest BCUT2D eigenvalue weighted by Gasteiger charge is 2.14. The molecule has 4 nitrogen and oxygen atoms in total. The highest BCUT2D eigenvalue weighted by atomic mass is 16.3. The number of amides is 1. The number of hydrogen-bond acceptors (Lipinski definition) is 3. The van der Waals surface area contributed by atoms with Gasteiger partial charge in [0.25, 0.3) is 5.91 Å². The van der Waals surface area contributed by atoms with Crippen LogP contribution in [0, 0.1) is 6.92 Å². The molecule has 1 rings (SSSR count). The van der Waals surface area contributed by atoms with Gasteiger partial charge in [-0.15, -0.1) is 0 Å². The van der Waals surface area contributed by atoms with Crippen molar-refractivity contribution < 1.29 is 9.90 Å². The molecule has 0 atom stereocenters. The molecule has 0 saturated heterocycles. The molecule has 0 bridgehead atoms. The molecule has 0 heterocycles. The molecule has 17 heavy (non-hydrogen) atoms. The Hall–Kier alpha value is -1.55. The van der Waals surface area contributed by atoms with Gasteiger partial charge in [-0.05, 0) is 38.0 Å². The second kappa shape index (κ2) is 6.25. The zero-order valence-electron chi connectivity index (χ0n) is 10.4. The Kier molecular flexibility index (Phi) is 4.97. The number of benzene rings is 1. The fourth-order valence-corrected chi connectivity index (χ4v) is 1.62. The van der Waals surface area contributed by atoms with Crippen LogP contribution in [0.25, 0.3) is 0 Å². The molecule has 3 N–H and O–H groups in total. The maximum Gasteiger partial charge on any atom is 0.253 e. The molecule has 0 aromatic heterocycles. The van der Waals surface area contributed by atoms with Crippen LogP contribution in [0.15, 0.2) is 18.2 Å². The predicted molar refractivity (Wildman–Crippen MR) is 68.9 cm³/mol. The van der Waals surface area contributed by atoms with Crippen LogP contribution in [0.5, 0.6) is 0 Å². The first-order chi connectivity index (χ1) is 8.10. The summed E-state index contributed by atoms with van der Waals surface area (Å²) < 4.78 is 0. The lowest BCUT2D eigenvalue weighted by Crippen LogP contribution is -2.32. The molecule has 1 aromatic rings. The summed E-state index contributed by atoms with van der Waals surface area (Å²) in [5, 5.41) is 8.79. The molecule has 94 valence electrons. The number of aliphatic hydroxyl groups is 1. The van der Waals surface area contributed by atoms with E-state index in [4.69, 9.17) is 10.8 Å². The lowest BCUT2D eigenvalue weighted by atomic mass is 10.1. The Labute approximate surface area is 102 Å². The lowest BCUT2D eigenvalue weighted by Gasteiger charge is -2.20. The molecule has 0 aliphatic heterocycles. The van der Waals surface area contributed by atoms with Crippen molar-refractivity contribution in [2.75, 3.05) is 25.4 Å². The standard InChI is InChI=1S/C13H20N2O2/c1-3-15(7-4-8-16)13(17)11-6-5-10(2)12(14)9-11/h5-6,9,16H,3-4,7-8,14H2,1-2H3. The molecule has 0 saturated carbocycles. The number of anilines is 1. The molecule has 4 heteroatoms. The van der Waals surface area contributed by atoms with Crippen molar-refractivity contribution in [2.24, 2.45) is 0 Å². The molecule has 0 fully saturated rings. The van der Waals surface area contributed by atoms with E-state index in [1.54, 1.807) is 17.0 Å². The first-order valence-corrected chi connectivity index (χ1v) is 5.86. The molecule has 0 aliphatic rings. The third-order valence-corrected chi connectivity index (χ3v) is 2.78. The van der Waals surface area contributed by atoms with Crippen molar-refractivity contribution in [3.63, 3.8) is 0 Å². The normalized spacial score (nSPS) is 10.3. The highest BCUT2D eigenvalue weighted by Crippen LogP contribution is 2.14. The lowest BCUT2D eigenvalue weighted by molar-refractivity contribution is 0.0754. The Morgan fingerprint density at radius 2 is 2.18 bits per heavy atom. The number of nitrogens with two attached hydrogens (primary N) is 1. The minimum Gasteiger partial charge on any atom is -0.398 e. The third-order valence-electron chi connectivity index (χ3n) is 2.78. The monoisotopic (exact) mass is 236 g/mol. The predicted octanol–water partition coefficient (Wildman–Crippen LogP) is 1.42. The zero-order valence-corrected chi connectivity index (χ0v) is 10.4. The van der Waals surface area contributed by atoms with Gasteiger partial charge in [0.1, 0.15) is 0 Å². The summed E-state index contributed by atoms with van der Waals surface area (Å²) in [7, 11) is 0. The topological polar surface area (TPSA) is 66.6 Å². The Morgan fingerprint density at radius 3 is 2.71 bits per heavy atom. The summed E-state index contributed by atoms with van der Waals surface area (Å²) in [5.41, 5.74) is 8.00. The second-order valence-electron chi connectivity index (χ2n) is 4.03. The molecular weight excluding hydrogens is 216 g/mol. The Bertz CT molecular complexity index is 391. The van der Waals surface area contributed by atoms with Crippen molar-refractivity contribution in [3.8, 4) is 0 Å². The van der Waals surface area contributed by atoms with Crippen molar-refractivity contribution in [3.05, 3.63) is 29.3 Å². The zero-order chi connectivity index (χ0) is 12.8. The summed E-state index contributed by atoms with van der Waals surface area (Å²) >= 11 is 0. The van der Waals surface area contributed by atoms with E-state index in [9.17, 15) is 4.79 Å². The first-order valence-electron chi connectivity index (χ1n) is 5.86. The number of carbonyl (C=O) groups is 1. The van der Waals surface area contributed by atoms with E-state index in [-0.39, 0.29) is 12.5 Å². The van der Waals surface area contributed by atoms with Gasteiger partial charge in [0, 0.05) is 30.9 Å². The maximum absolute atomic E-state index is 12.1. The van der Waals surface area contributed by atoms with Gasteiger partial charge in [0.2, 0.25) is 0 Å². The van der Waals surface area contributed by atoms with E-state index >= 15 is 0 Å². The number of nitrogen functional groups attached to an aromatic ring is 1. The van der Waals surface area contributed by atoms with Crippen LogP contribution >= 0.6 is 0 Å². The Balaban J connectivity index is 2.82. The van der Waals surface area contributed by atoms with E-state index in [0.717, 1.165) is 5.56 Å². The SMILES string of the molecule is CCN(CCCO)C(=O)c1ccc(C)c(N)c1. The summed E-state index contributed by atoms with van der Waals surface area (Å²) in [6.07, 6.45) is 0.598. The molecule has 0 spiro atoms. The highest BCUT2D eigenvalue weighted by molar-refractivity contribution is 5.95. The van der Waals surface area contributed by atoms with Gasteiger partial charge in [-0.25, -0.2) is 0 Å². The fourth-order valence-electron chi connectivity index (χ4n) is 1.62. The molecule has 0 aliphatic carbocycles. The van der Waals surface area contributed by atoms with Crippen LogP contribution in [-0.4, -0.2) is 35.6 Å². The van der Waals surface area contributed by atoms with E-state index < -0.39 is 0 Å². The number of hydrogen-bond donors (Lipinski definition) is 2. The van der Waals surface area contributed by atoms with Crippen LogP contribution in [0.1, 0.15) is 29.3 Å². The van der Waals surface area contributed by atoms with E-state index in [1.807, 2.05) is 19.9 Å². The van der Waals surface area contributed by atoms with E-state index in [0.29, 0.717) is 30.8 Å². The van der Waals surface area contributed by atoms with Gasteiger partial charge in [0.05, 0.1) is 0 Å².